The fraction of sp³-hybridized carbons (Fsp3) is 0.944. The molecule has 1 aliphatic heterocycles. The number of piperidine rings is 1. The predicted molar refractivity (Wildman–Crippen MR) is 83.6 cm³/mol. The maximum atomic E-state index is 12.9. The number of carbonyl (C=O) groups is 1. The highest BCUT2D eigenvalue weighted by atomic mass is 16.2. The SMILES string of the molecule is N[C@@H]1[C@H]2CC[C@H](C2)[C@@]12CCC[C@@H](C(=O)N1CCCCC1)C2. The van der Waals surface area contributed by atoms with Crippen molar-refractivity contribution in [2.24, 2.45) is 28.9 Å². The number of nitrogens with two attached hydrogens (primary N) is 1. The van der Waals surface area contributed by atoms with Gasteiger partial charge in [-0.2, -0.15) is 0 Å². The highest BCUT2D eigenvalue weighted by molar-refractivity contribution is 5.79. The molecule has 0 unspecified atom stereocenters. The van der Waals surface area contributed by atoms with Crippen LogP contribution in [0.3, 0.4) is 0 Å². The molecule has 0 aromatic carbocycles. The van der Waals surface area contributed by atoms with Gasteiger partial charge in [-0.25, -0.2) is 0 Å². The van der Waals surface area contributed by atoms with Gasteiger partial charge in [-0.05, 0) is 75.0 Å². The zero-order chi connectivity index (χ0) is 14.4. The molecule has 1 amide bonds. The molecule has 118 valence electrons. The molecule has 5 atom stereocenters. The van der Waals surface area contributed by atoms with Crippen molar-refractivity contribution in [2.75, 3.05) is 13.1 Å². The number of fused-ring (bicyclic) bond motifs is 3. The minimum absolute atomic E-state index is 0.280. The van der Waals surface area contributed by atoms with Gasteiger partial charge in [0.05, 0.1) is 0 Å². The Hall–Kier alpha value is -0.570. The average molecular weight is 290 g/mol. The first-order valence-electron chi connectivity index (χ1n) is 9.25. The number of nitrogens with zero attached hydrogens (tertiary/aromatic N) is 1. The predicted octanol–water partition coefficient (Wildman–Crippen LogP) is 2.93. The summed E-state index contributed by atoms with van der Waals surface area (Å²) in [7, 11) is 0. The Morgan fingerprint density at radius 3 is 2.57 bits per heavy atom. The van der Waals surface area contributed by atoms with Gasteiger partial charge >= 0.3 is 0 Å². The highest BCUT2D eigenvalue weighted by Gasteiger charge is 2.58. The van der Waals surface area contributed by atoms with Crippen LogP contribution in [0, 0.1) is 23.2 Å². The van der Waals surface area contributed by atoms with E-state index in [-0.39, 0.29) is 5.92 Å². The maximum absolute atomic E-state index is 12.9. The quantitative estimate of drug-likeness (QED) is 0.807. The summed E-state index contributed by atoms with van der Waals surface area (Å²) < 4.78 is 0. The standard InChI is InChI=1S/C18H30N2O/c19-16-13-6-7-15(11-13)18(16)8-4-5-14(12-18)17(21)20-9-2-1-3-10-20/h13-16H,1-12,19H2/t13-,14+,15+,16+,18-/m0/s1. The monoisotopic (exact) mass is 290 g/mol. The summed E-state index contributed by atoms with van der Waals surface area (Å²) in [5.41, 5.74) is 6.98. The van der Waals surface area contributed by atoms with E-state index in [4.69, 9.17) is 5.73 Å². The maximum Gasteiger partial charge on any atom is 0.225 e. The third kappa shape index (κ3) is 2.15. The Balaban J connectivity index is 1.49. The number of likely N-dealkylation sites (tertiary alicyclic amines) is 1. The number of rotatable bonds is 1. The van der Waals surface area contributed by atoms with Crippen LogP contribution in [0.1, 0.15) is 64.2 Å². The van der Waals surface area contributed by atoms with Crippen molar-refractivity contribution >= 4 is 5.91 Å². The smallest absolute Gasteiger partial charge is 0.225 e. The first kappa shape index (κ1) is 14.0. The number of hydrogen-bond acceptors (Lipinski definition) is 2. The summed E-state index contributed by atoms with van der Waals surface area (Å²) >= 11 is 0. The van der Waals surface area contributed by atoms with Crippen LogP contribution < -0.4 is 5.73 Å². The third-order valence-electron chi connectivity index (χ3n) is 7.30. The topological polar surface area (TPSA) is 46.3 Å². The third-order valence-corrected chi connectivity index (χ3v) is 7.30. The Kier molecular flexibility index (Phi) is 3.52. The van der Waals surface area contributed by atoms with Crippen molar-refractivity contribution in [3.63, 3.8) is 0 Å². The second-order valence-corrected chi connectivity index (χ2v) is 8.21. The molecule has 4 aliphatic rings. The molecule has 4 rings (SSSR count). The number of amides is 1. The van der Waals surface area contributed by atoms with Crippen LogP contribution in [-0.2, 0) is 4.79 Å². The molecule has 3 nitrogen and oxygen atoms in total. The van der Waals surface area contributed by atoms with Gasteiger partial charge in [0.1, 0.15) is 0 Å². The number of hydrogen-bond donors (Lipinski definition) is 1. The second-order valence-electron chi connectivity index (χ2n) is 8.21. The van der Waals surface area contributed by atoms with Gasteiger partial charge in [-0.3, -0.25) is 4.79 Å². The van der Waals surface area contributed by atoms with E-state index in [1.54, 1.807) is 0 Å². The molecule has 3 saturated carbocycles. The van der Waals surface area contributed by atoms with Crippen LogP contribution in [0.4, 0.5) is 0 Å². The Morgan fingerprint density at radius 1 is 1.05 bits per heavy atom. The van der Waals surface area contributed by atoms with Crippen molar-refractivity contribution in [2.45, 2.75) is 70.3 Å². The van der Waals surface area contributed by atoms with E-state index in [1.165, 1.54) is 51.4 Å². The van der Waals surface area contributed by atoms with Gasteiger partial charge in [-0.1, -0.05) is 6.42 Å². The molecule has 2 N–H and O–H groups in total. The molecule has 0 radical (unpaired) electrons. The van der Waals surface area contributed by atoms with Crippen LogP contribution in [0.25, 0.3) is 0 Å². The Bertz CT molecular complexity index is 413. The molecule has 1 heterocycles. The van der Waals surface area contributed by atoms with Crippen molar-refractivity contribution < 1.29 is 4.79 Å². The van der Waals surface area contributed by atoms with Gasteiger partial charge < -0.3 is 10.6 Å². The summed E-state index contributed by atoms with van der Waals surface area (Å²) in [6.45, 7) is 2.00. The van der Waals surface area contributed by atoms with Gasteiger partial charge in [0.15, 0.2) is 0 Å². The van der Waals surface area contributed by atoms with Gasteiger partial charge in [0.2, 0.25) is 5.91 Å². The molecule has 4 fully saturated rings. The van der Waals surface area contributed by atoms with E-state index in [0.29, 0.717) is 17.4 Å². The summed E-state index contributed by atoms with van der Waals surface area (Å²) in [6, 6.07) is 0.383. The zero-order valence-corrected chi connectivity index (χ0v) is 13.2. The van der Waals surface area contributed by atoms with Gasteiger partial charge in [-0.15, -0.1) is 0 Å². The lowest BCUT2D eigenvalue weighted by atomic mass is 9.59. The summed E-state index contributed by atoms with van der Waals surface area (Å²) in [5.74, 6) is 2.33. The molecule has 3 aliphatic carbocycles. The average Bonchev–Trinajstić information content (AvgIpc) is 3.11. The number of carbonyl (C=O) groups excluding carboxylic acids is 1. The Labute approximate surface area is 128 Å². The molecular weight excluding hydrogens is 260 g/mol. The minimum Gasteiger partial charge on any atom is -0.342 e. The van der Waals surface area contributed by atoms with Crippen LogP contribution in [0.5, 0.6) is 0 Å². The summed E-state index contributed by atoms with van der Waals surface area (Å²) in [5, 5.41) is 0. The fourth-order valence-corrected chi connectivity index (χ4v) is 6.20. The van der Waals surface area contributed by atoms with Crippen LogP contribution in [0.2, 0.25) is 0 Å². The normalized spacial score (nSPS) is 46.2. The van der Waals surface area contributed by atoms with Gasteiger partial charge in [0.25, 0.3) is 0 Å². The molecule has 1 spiro atoms. The zero-order valence-electron chi connectivity index (χ0n) is 13.2. The van der Waals surface area contributed by atoms with E-state index in [2.05, 4.69) is 4.90 Å². The van der Waals surface area contributed by atoms with Crippen LogP contribution in [-0.4, -0.2) is 29.9 Å². The molecule has 2 bridgehead atoms. The van der Waals surface area contributed by atoms with E-state index >= 15 is 0 Å². The molecule has 21 heavy (non-hydrogen) atoms. The van der Waals surface area contributed by atoms with Crippen molar-refractivity contribution in [1.82, 2.24) is 4.90 Å². The van der Waals surface area contributed by atoms with E-state index < -0.39 is 0 Å². The molecule has 1 saturated heterocycles. The van der Waals surface area contributed by atoms with E-state index in [0.717, 1.165) is 37.8 Å². The lowest BCUT2D eigenvalue weighted by Crippen LogP contribution is -2.51. The summed E-state index contributed by atoms with van der Waals surface area (Å²) in [4.78, 5) is 15.0. The van der Waals surface area contributed by atoms with E-state index in [1.807, 2.05) is 0 Å². The highest BCUT2D eigenvalue weighted by Crippen LogP contribution is 2.61. The molecule has 3 heteroatoms. The minimum atomic E-state index is 0.280. The Morgan fingerprint density at radius 2 is 1.86 bits per heavy atom. The lowest BCUT2D eigenvalue weighted by Gasteiger charge is -2.48. The molecule has 0 aromatic heterocycles. The molecule has 0 aromatic rings. The van der Waals surface area contributed by atoms with Crippen molar-refractivity contribution in [3.05, 3.63) is 0 Å². The second kappa shape index (κ2) is 5.26. The summed E-state index contributed by atoms with van der Waals surface area (Å²) in [6.07, 6.45) is 12.5. The van der Waals surface area contributed by atoms with Crippen LogP contribution in [0.15, 0.2) is 0 Å². The fourth-order valence-electron chi connectivity index (χ4n) is 6.20. The first-order valence-corrected chi connectivity index (χ1v) is 9.25. The van der Waals surface area contributed by atoms with E-state index in [9.17, 15) is 4.79 Å². The van der Waals surface area contributed by atoms with Crippen LogP contribution >= 0.6 is 0 Å². The van der Waals surface area contributed by atoms with Gasteiger partial charge in [0, 0.05) is 25.0 Å². The largest absolute Gasteiger partial charge is 0.342 e. The van der Waals surface area contributed by atoms with Crippen molar-refractivity contribution in [1.29, 1.82) is 0 Å². The first-order chi connectivity index (χ1) is 10.2. The van der Waals surface area contributed by atoms with Crippen molar-refractivity contribution in [3.8, 4) is 0 Å². The molecular formula is C18H30N2O. The lowest BCUT2D eigenvalue weighted by molar-refractivity contribution is -0.140.